The molecule has 1 rings (SSSR count). The first-order chi connectivity index (χ1) is 8.17. The third-order valence-corrected chi connectivity index (χ3v) is 2.48. The largest absolute Gasteiger partial charge is 0.495 e. The van der Waals surface area contributed by atoms with E-state index in [0.717, 1.165) is 11.4 Å². The monoisotopic (exact) mass is 257 g/mol. The molecule has 5 heteroatoms. The zero-order valence-corrected chi connectivity index (χ0v) is 10.7. The Balaban J connectivity index is 2.56. The number of hydrogen-bond acceptors (Lipinski definition) is 4. The molecule has 1 atom stereocenters. The predicted molar refractivity (Wildman–Crippen MR) is 67.8 cm³/mol. The van der Waals surface area contributed by atoms with Crippen LogP contribution < -0.4 is 10.1 Å². The maximum Gasteiger partial charge on any atom is 0.303 e. The molecular formula is C12H16ClNO3. The number of esters is 1. The number of rotatable bonds is 6. The van der Waals surface area contributed by atoms with Crippen molar-refractivity contribution in [1.82, 2.24) is 0 Å². The number of carbonyl (C=O) groups is 1. The van der Waals surface area contributed by atoms with Gasteiger partial charge in [0.2, 0.25) is 0 Å². The fourth-order valence-electron chi connectivity index (χ4n) is 1.38. The summed E-state index contributed by atoms with van der Waals surface area (Å²) in [6.45, 7) is 1.81. The standard InChI is InChI=1S/C12H16ClNO3/c1-9(15)17-10(7-13)8-14-11-5-3-4-6-12(11)16-2/h3-6,10,14H,7-8H2,1-2H3. The summed E-state index contributed by atoms with van der Waals surface area (Å²) >= 11 is 5.70. The Morgan fingerprint density at radius 2 is 2.18 bits per heavy atom. The van der Waals surface area contributed by atoms with Crippen LogP contribution in [0.3, 0.4) is 0 Å². The molecule has 0 amide bonds. The summed E-state index contributed by atoms with van der Waals surface area (Å²) in [6, 6.07) is 7.52. The van der Waals surface area contributed by atoms with Gasteiger partial charge in [-0.2, -0.15) is 0 Å². The first-order valence-corrected chi connectivity index (χ1v) is 5.81. The number of hydrogen-bond donors (Lipinski definition) is 1. The lowest BCUT2D eigenvalue weighted by Gasteiger charge is -2.17. The molecule has 0 aromatic heterocycles. The van der Waals surface area contributed by atoms with E-state index in [4.69, 9.17) is 21.1 Å². The summed E-state index contributed by atoms with van der Waals surface area (Å²) in [7, 11) is 1.60. The van der Waals surface area contributed by atoms with Crippen LogP contribution in [0.2, 0.25) is 0 Å². The van der Waals surface area contributed by atoms with Crippen molar-refractivity contribution < 1.29 is 14.3 Å². The van der Waals surface area contributed by atoms with Gasteiger partial charge in [0.1, 0.15) is 11.9 Å². The fraction of sp³-hybridized carbons (Fsp3) is 0.417. The van der Waals surface area contributed by atoms with Crippen LogP contribution in [0.15, 0.2) is 24.3 Å². The van der Waals surface area contributed by atoms with Crippen LogP contribution in [0.1, 0.15) is 6.92 Å². The molecule has 1 unspecified atom stereocenters. The van der Waals surface area contributed by atoms with Gasteiger partial charge in [0.05, 0.1) is 25.2 Å². The number of ether oxygens (including phenoxy) is 2. The Morgan fingerprint density at radius 3 is 2.76 bits per heavy atom. The van der Waals surface area contributed by atoms with Crippen molar-refractivity contribution >= 4 is 23.3 Å². The van der Waals surface area contributed by atoms with Gasteiger partial charge in [0.25, 0.3) is 0 Å². The molecule has 1 aromatic rings. The minimum absolute atomic E-state index is 0.252. The highest BCUT2D eigenvalue weighted by Crippen LogP contribution is 2.22. The van der Waals surface area contributed by atoms with Crippen LogP contribution in [0.4, 0.5) is 5.69 Å². The first-order valence-electron chi connectivity index (χ1n) is 5.27. The van der Waals surface area contributed by atoms with Crippen LogP contribution in [0.25, 0.3) is 0 Å². The van der Waals surface area contributed by atoms with Crippen molar-refractivity contribution in [2.45, 2.75) is 13.0 Å². The molecule has 17 heavy (non-hydrogen) atoms. The van der Waals surface area contributed by atoms with Gasteiger partial charge in [0.15, 0.2) is 0 Å². The SMILES string of the molecule is COc1ccccc1NCC(CCl)OC(C)=O. The number of halogens is 1. The van der Waals surface area contributed by atoms with E-state index in [2.05, 4.69) is 5.32 Å². The lowest BCUT2D eigenvalue weighted by atomic mass is 10.3. The topological polar surface area (TPSA) is 47.6 Å². The molecule has 0 fully saturated rings. The third kappa shape index (κ3) is 4.53. The molecule has 0 bridgehead atoms. The minimum Gasteiger partial charge on any atom is -0.495 e. The predicted octanol–water partition coefficient (Wildman–Crippen LogP) is 2.28. The van der Waals surface area contributed by atoms with E-state index in [1.807, 2.05) is 24.3 Å². The Kier molecular flexibility index (Phi) is 5.63. The molecule has 0 aliphatic carbocycles. The normalized spacial score (nSPS) is 11.7. The van der Waals surface area contributed by atoms with Crippen molar-refractivity contribution in [3.05, 3.63) is 24.3 Å². The van der Waals surface area contributed by atoms with Crippen LogP contribution >= 0.6 is 11.6 Å². The second kappa shape index (κ2) is 7.01. The van der Waals surface area contributed by atoms with E-state index in [1.165, 1.54) is 6.92 Å². The molecule has 0 saturated carbocycles. The Labute approximate surface area is 106 Å². The zero-order valence-electron chi connectivity index (χ0n) is 9.90. The van der Waals surface area contributed by atoms with Crippen molar-refractivity contribution in [2.75, 3.05) is 24.9 Å². The maximum atomic E-state index is 10.8. The molecule has 0 heterocycles. The lowest BCUT2D eigenvalue weighted by molar-refractivity contribution is -0.144. The first kappa shape index (κ1) is 13.6. The Hall–Kier alpha value is -1.42. The van der Waals surface area contributed by atoms with E-state index >= 15 is 0 Å². The van der Waals surface area contributed by atoms with Crippen molar-refractivity contribution in [3.8, 4) is 5.75 Å². The van der Waals surface area contributed by atoms with Crippen LogP contribution in [-0.2, 0) is 9.53 Å². The van der Waals surface area contributed by atoms with E-state index in [1.54, 1.807) is 7.11 Å². The molecule has 0 aliphatic rings. The van der Waals surface area contributed by atoms with E-state index in [-0.39, 0.29) is 18.0 Å². The molecule has 0 radical (unpaired) electrons. The fourth-order valence-corrected chi connectivity index (χ4v) is 1.55. The molecule has 1 aromatic carbocycles. The van der Waals surface area contributed by atoms with Gasteiger partial charge in [-0.05, 0) is 12.1 Å². The minimum atomic E-state index is -0.348. The number of methoxy groups -OCH3 is 1. The number of nitrogens with one attached hydrogen (secondary N) is 1. The molecule has 4 nitrogen and oxygen atoms in total. The highest BCUT2D eigenvalue weighted by atomic mass is 35.5. The van der Waals surface area contributed by atoms with Crippen molar-refractivity contribution in [1.29, 1.82) is 0 Å². The summed E-state index contributed by atoms with van der Waals surface area (Å²) in [5, 5.41) is 3.13. The van der Waals surface area contributed by atoms with E-state index < -0.39 is 0 Å². The van der Waals surface area contributed by atoms with Crippen molar-refractivity contribution in [3.63, 3.8) is 0 Å². The van der Waals surface area contributed by atoms with Crippen LogP contribution in [0, 0.1) is 0 Å². The average molecular weight is 258 g/mol. The molecule has 94 valence electrons. The van der Waals surface area contributed by atoms with Gasteiger partial charge in [-0.25, -0.2) is 0 Å². The van der Waals surface area contributed by atoms with Gasteiger partial charge in [-0.3, -0.25) is 4.79 Å². The summed E-state index contributed by atoms with van der Waals surface area (Å²) in [4.78, 5) is 10.8. The van der Waals surface area contributed by atoms with Gasteiger partial charge in [-0.15, -0.1) is 11.6 Å². The van der Waals surface area contributed by atoms with Crippen LogP contribution in [-0.4, -0.2) is 31.6 Å². The molecule has 1 N–H and O–H groups in total. The van der Waals surface area contributed by atoms with Crippen molar-refractivity contribution in [2.24, 2.45) is 0 Å². The highest BCUT2D eigenvalue weighted by Gasteiger charge is 2.11. The number of benzene rings is 1. The lowest BCUT2D eigenvalue weighted by Crippen LogP contribution is -2.27. The molecule has 0 spiro atoms. The van der Waals surface area contributed by atoms with E-state index in [9.17, 15) is 4.79 Å². The second-order valence-corrected chi connectivity index (χ2v) is 3.78. The quantitative estimate of drug-likeness (QED) is 0.627. The van der Waals surface area contributed by atoms with Gasteiger partial charge >= 0.3 is 5.97 Å². The number of para-hydroxylation sites is 2. The zero-order chi connectivity index (χ0) is 12.7. The molecular weight excluding hydrogens is 242 g/mol. The van der Waals surface area contributed by atoms with E-state index in [0.29, 0.717) is 6.54 Å². The second-order valence-electron chi connectivity index (χ2n) is 3.47. The summed E-state index contributed by atoms with van der Waals surface area (Å²) < 4.78 is 10.2. The van der Waals surface area contributed by atoms with Gasteiger partial charge < -0.3 is 14.8 Å². The molecule has 0 saturated heterocycles. The molecule has 0 aliphatic heterocycles. The third-order valence-electron chi connectivity index (χ3n) is 2.13. The van der Waals surface area contributed by atoms with Gasteiger partial charge in [0, 0.05) is 6.92 Å². The Morgan fingerprint density at radius 1 is 1.47 bits per heavy atom. The number of anilines is 1. The average Bonchev–Trinajstić information content (AvgIpc) is 2.34. The van der Waals surface area contributed by atoms with Gasteiger partial charge in [-0.1, -0.05) is 12.1 Å². The smallest absolute Gasteiger partial charge is 0.303 e. The maximum absolute atomic E-state index is 10.8. The summed E-state index contributed by atoms with van der Waals surface area (Å²) in [5.74, 6) is 0.656. The van der Waals surface area contributed by atoms with Crippen LogP contribution in [0.5, 0.6) is 5.75 Å². The number of carbonyl (C=O) groups excluding carboxylic acids is 1. The Bertz CT molecular complexity index is 371. The summed E-state index contributed by atoms with van der Waals surface area (Å²) in [6.07, 6.45) is -0.348. The summed E-state index contributed by atoms with van der Waals surface area (Å²) in [5.41, 5.74) is 0.845. The number of alkyl halides is 1. The highest BCUT2D eigenvalue weighted by molar-refractivity contribution is 6.18.